The lowest BCUT2D eigenvalue weighted by molar-refractivity contribution is 0.722. The van der Waals surface area contributed by atoms with Gasteiger partial charge in [-0.2, -0.15) is 0 Å². The van der Waals surface area contributed by atoms with Gasteiger partial charge < -0.3 is 0 Å². The van der Waals surface area contributed by atoms with Crippen molar-refractivity contribution in [1.82, 2.24) is 15.0 Å². The maximum absolute atomic E-state index is 5.17. The summed E-state index contributed by atoms with van der Waals surface area (Å²) in [5.74, 6) is 1.96. The van der Waals surface area contributed by atoms with Crippen molar-refractivity contribution in [2.75, 3.05) is 0 Å². The first-order chi connectivity index (χ1) is 24.8. The number of fused-ring (bicyclic) bond motifs is 9. The lowest BCUT2D eigenvalue weighted by Gasteiger charge is -2.39. The average molecular weight is 656 g/mol. The second-order valence-electron chi connectivity index (χ2n) is 12.8. The molecule has 0 atom stereocenters. The molecule has 1 aliphatic carbocycles. The Morgan fingerprint density at radius 2 is 0.740 bits per heavy atom. The van der Waals surface area contributed by atoms with Gasteiger partial charge in [0.05, 0.1) is 5.41 Å². The number of benzene rings is 7. The van der Waals surface area contributed by atoms with Crippen LogP contribution in [0.3, 0.4) is 0 Å². The number of rotatable bonds is 4. The highest BCUT2D eigenvalue weighted by atomic mass is 32.2. The van der Waals surface area contributed by atoms with Crippen LogP contribution in [0.2, 0.25) is 0 Å². The van der Waals surface area contributed by atoms with Crippen LogP contribution in [0.25, 0.3) is 56.4 Å². The summed E-state index contributed by atoms with van der Waals surface area (Å²) in [6, 6.07) is 62.6. The second kappa shape index (κ2) is 11.5. The fraction of sp³-hybridized carbons (Fsp3) is 0.0217. The highest BCUT2D eigenvalue weighted by Gasteiger charge is 2.50. The smallest absolute Gasteiger partial charge is 0.164 e. The first-order valence-electron chi connectivity index (χ1n) is 16.9. The lowest BCUT2D eigenvalue weighted by atomic mass is 9.67. The predicted octanol–water partition coefficient (Wildman–Crippen LogP) is 11.4. The van der Waals surface area contributed by atoms with E-state index in [1.807, 2.05) is 36.0 Å². The molecule has 2 aliphatic rings. The van der Waals surface area contributed by atoms with Crippen LogP contribution in [0.15, 0.2) is 186 Å². The van der Waals surface area contributed by atoms with Crippen molar-refractivity contribution in [3.63, 3.8) is 0 Å². The van der Waals surface area contributed by atoms with Gasteiger partial charge in [0, 0.05) is 26.5 Å². The molecule has 2 heterocycles. The molecule has 0 fully saturated rings. The zero-order valence-corrected chi connectivity index (χ0v) is 27.8. The molecule has 8 aromatic rings. The van der Waals surface area contributed by atoms with Gasteiger partial charge in [0.25, 0.3) is 0 Å². The summed E-state index contributed by atoms with van der Waals surface area (Å²) in [6.45, 7) is 0. The Bertz CT molecular complexity index is 2520. The molecule has 0 amide bonds. The van der Waals surface area contributed by atoms with Crippen LogP contribution in [0.1, 0.15) is 22.3 Å². The number of nitrogens with zero attached hydrogens (tertiary/aromatic N) is 3. The molecule has 0 saturated heterocycles. The highest BCUT2D eigenvalue weighted by molar-refractivity contribution is 7.99. The average Bonchev–Trinajstić information content (AvgIpc) is 3.48. The summed E-state index contributed by atoms with van der Waals surface area (Å²) in [4.78, 5) is 17.9. The van der Waals surface area contributed by atoms with E-state index >= 15 is 0 Å². The van der Waals surface area contributed by atoms with Crippen LogP contribution in [-0.2, 0) is 5.41 Å². The van der Waals surface area contributed by atoms with Gasteiger partial charge in [0.2, 0.25) is 0 Å². The molecule has 234 valence electrons. The zero-order chi connectivity index (χ0) is 33.1. The molecule has 0 radical (unpaired) electrons. The highest BCUT2D eigenvalue weighted by Crippen LogP contribution is 2.62. The molecule has 4 heteroatoms. The lowest BCUT2D eigenvalue weighted by Crippen LogP contribution is -2.31. The second-order valence-corrected chi connectivity index (χ2v) is 13.8. The standard InChI is InChI=1S/C46H29N3S/c1-3-13-30(14-4-1)31-23-25-33(26-24-31)44-47-43(32-15-5-2-6-16-32)48-45(49-44)34-27-28-36-35-17-7-8-18-37(35)46(40(36)29-34)38-19-9-11-21-41(38)50-42-22-12-10-20-39(42)46/h1-29H. The fourth-order valence-electron chi connectivity index (χ4n) is 7.79. The third-order valence-corrected chi connectivity index (χ3v) is 11.2. The van der Waals surface area contributed by atoms with E-state index < -0.39 is 5.41 Å². The molecule has 50 heavy (non-hydrogen) atoms. The summed E-state index contributed by atoms with van der Waals surface area (Å²) in [5.41, 5.74) is 12.4. The quantitative estimate of drug-likeness (QED) is 0.189. The minimum atomic E-state index is -0.467. The molecule has 1 aromatic heterocycles. The summed E-state index contributed by atoms with van der Waals surface area (Å²) in [7, 11) is 0. The van der Waals surface area contributed by atoms with E-state index in [9.17, 15) is 0 Å². The third kappa shape index (κ3) is 4.42. The van der Waals surface area contributed by atoms with Crippen molar-refractivity contribution in [2.24, 2.45) is 0 Å². The van der Waals surface area contributed by atoms with Gasteiger partial charge >= 0.3 is 0 Å². The van der Waals surface area contributed by atoms with E-state index in [1.54, 1.807) is 0 Å². The normalized spacial score (nSPS) is 13.3. The van der Waals surface area contributed by atoms with Gasteiger partial charge in [-0.25, -0.2) is 15.0 Å². The van der Waals surface area contributed by atoms with Crippen molar-refractivity contribution in [3.05, 3.63) is 198 Å². The van der Waals surface area contributed by atoms with E-state index in [4.69, 9.17) is 15.0 Å². The van der Waals surface area contributed by atoms with Gasteiger partial charge in [0.15, 0.2) is 17.5 Å². The molecule has 0 unspecified atom stereocenters. The van der Waals surface area contributed by atoms with Crippen LogP contribution < -0.4 is 0 Å². The SMILES string of the molecule is c1ccc(-c2ccc(-c3nc(-c4ccccc4)nc(-c4ccc5c(c4)C4(c6ccccc6Sc6ccccc64)c4ccccc4-5)n3)cc2)cc1. The van der Waals surface area contributed by atoms with Crippen molar-refractivity contribution in [3.8, 4) is 56.4 Å². The van der Waals surface area contributed by atoms with Crippen molar-refractivity contribution >= 4 is 11.8 Å². The van der Waals surface area contributed by atoms with E-state index in [2.05, 4.69) is 152 Å². The predicted molar refractivity (Wildman–Crippen MR) is 203 cm³/mol. The topological polar surface area (TPSA) is 38.7 Å². The van der Waals surface area contributed by atoms with Crippen molar-refractivity contribution in [1.29, 1.82) is 0 Å². The molecule has 10 rings (SSSR count). The molecular weight excluding hydrogens is 627 g/mol. The molecular formula is C46H29N3S. The van der Waals surface area contributed by atoms with Crippen molar-refractivity contribution < 1.29 is 0 Å². The Morgan fingerprint density at radius 1 is 0.320 bits per heavy atom. The van der Waals surface area contributed by atoms with Crippen LogP contribution in [-0.4, -0.2) is 15.0 Å². The van der Waals surface area contributed by atoms with E-state index in [-0.39, 0.29) is 0 Å². The zero-order valence-electron chi connectivity index (χ0n) is 27.0. The van der Waals surface area contributed by atoms with Gasteiger partial charge in [-0.1, -0.05) is 169 Å². The first-order valence-corrected chi connectivity index (χ1v) is 17.7. The van der Waals surface area contributed by atoms with Gasteiger partial charge in [-0.05, 0) is 62.7 Å². The summed E-state index contributed by atoms with van der Waals surface area (Å²) >= 11 is 1.86. The minimum absolute atomic E-state index is 0.467. The van der Waals surface area contributed by atoms with Crippen LogP contribution in [0.4, 0.5) is 0 Å². The molecule has 0 saturated carbocycles. The maximum Gasteiger partial charge on any atom is 0.164 e. The third-order valence-electron chi connectivity index (χ3n) is 10.0. The monoisotopic (exact) mass is 655 g/mol. The largest absolute Gasteiger partial charge is 0.208 e. The molecule has 7 aromatic carbocycles. The Morgan fingerprint density at radius 3 is 1.38 bits per heavy atom. The molecule has 0 N–H and O–H groups in total. The number of aromatic nitrogens is 3. The Balaban J connectivity index is 1.19. The van der Waals surface area contributed by atoms with Crippen molar-refractivity contribution in [2.45, 2.75) is 15.2 Å². The minimum Gasteiger partial charge on any atom is -0.208 e. The maximum atomic E-state index is 5.17. The van der Waals surface area contributed by atoms with Gasteiger partial charge in [-0.3, -0.25) is 0 Å². The molecule has 3 nitrogen and oxygen atoms in total. The summed E-state index contributed by atoms with van der Waals surface area (Å²) in [6.07, 6.45) is 0. The van der Waals surface area contributed by atoms with E-state index in [0.717, 1.165) is 22.3 Å². The van der Waals surface area contributed by atoms with Crippen LogP contribution >= 0.6 is 11.8 Å². The molecule has 1 aliphatic heterocycles. The fourth-order valence-corrected chi connectivity index (χ4v) is 8.98. The van der Waals surface area contributed by atoms with Gasteiger partial charge in [-0.15, -0.1) is 0 Å². The molecule has 1 spiro atoms. The summed E-state index contributed by atoms with van der Waals surface area (Å²) < 4.78 is 0. The molecule has 0 bridgehead atoms. The number of hydrogen-bond acceptors (Lipinski definition) is 4. The Labute approximate surface area is 295 Å². The van der Waals surface area contributed by atoms with E-state index in [1.165, 1.54) is 48.7 Å². The Kier molecular flexibility index (Phi) is 6.64. The number of hydrogen-bond donors (Lipinski definition) is 0. The van der Waals surface area contributed by atoms with Gasteiger partial charge in [0.1, 0.15) is 0 Å². The first kappa shape index (κ1) is 28.9. The van der Waals surface area contributed by atoms with Crippen LogP contribution in [0, 0.1) is 0 Å². The van der Waals surface area contributed by atoms with Crippen LogP contribution in [0.5, 0.6) is 0 Å². The summed E-state index contributed by atoms with van der Waals surface area (Å²) in [5, 5.41) is 0. The Hall–Kier alpha value is -6.10. The van der Waals surface area contributed by atoms with E-state index in [0.29, 0.717) is 17.5 Å².